The fraction of sp³-hybridized carbons (Fsp3) is 0.500. The first-order valence-electron chi connectivity index (χ1n) is 6.81. The molecule has 3 heterocycles. The van der Waals surface area contributed by atoms with Crippen LogP contribution in [-0.4, -0.2) is 51.2 Å². The summed E-state index contributed by atoms with van der Waals surface area (Å²) in [5.74, 6) is 0.972. The van der Waals surface area contributed by atoms with Crippen LogP contribution in [0.1, 0.15) is 13.8 Å². The molecule has 104 valence electrons. The Bertz CT molecular complexity index is 645. The molecule has 1 aliphatic heterocycles. The van der Waals surface area contributed by atoms with Crippen molar-refractivity contribution in [2.75, 3.05) is 31.1 Å². The molecule has 3 rings (SSSR count). The van der Waals surface area contributed by atoms with Gasteiger partial charge in [0.15, 0.2) is 5.82 Å². The topological polar surface area (TPSA) is 60.5 Å². The van der Waals surface area contributed by atoms with E-state index in [1.165, 1.54) is 0 Å². The van der Waals surface area contributed by atoms with Gasteiger partial charge in [0.05, 0.1) is 12.3 Å². The van der Waals surface area contributed by atoms with E-state index in [0.717, 1.165) is 37.5 Å². The minimum atomic E-state index is -0.401. The van der Waals surface area contributed by atoms with E-state index < -0.39 is 5.54 Å². The van der Waals surface area contributed by atoms with Crippen LogP contribution in [0, 0.1) is 11.3 Å². The Hall–Kier alpha value is -2.13. The first-order valence-corrected chi connectivity index (χ1v) is 6.81. The van der Waals surface area contributed by atoms with Gasteiger partial charge in [-0.15, -0.1) is 0 Å². The molecule has 0 N–H and O–H groups in total. The van der Waals surface area contributed by atoms with Gasteiger partial charge in [0.25, 0.3) is 0 Å². The fourth-order valence-corrected chi connectivity index (χ4v) is 2.63. The van der Waals surface area contributed by atoms with Gasteiger partial charge in [0.2, 0.25) is 0 Å². The maximum atomic E-state index is 9.21. The van der Waals surface area contributed by atoms with E-state index >= 15 is 0 Å². The Kier molecular flexibility index (Phi) is 3.07. The number of hydrogen-bond donors (Lipinski definition) is 0. The molecular formula is C14H18N6. The van der Waals surface area contributed by atoms with Crippen LogP contribution < -0.4 is 4.90 Å². The summed E-state index contributed by atoms with van der Waals surface area (Å²) in [6.07, 6.45) is 5.42. The largest absolute Gasteiger partial charge is 0.352 e. The van der Waals surface area contributed by atoms with Crippen LogP contribution >= 0.6 is 0 Å². The quantitative estimate of drug-likeness (QED) is 0.819. The van der Waals surface area contributed by atoms with Crippen molar-refractivity contribution in [1.29, 1.82) is 5.26 Å². The number of anilines is 1. The highest BCUT2D eigenvalue weighted by atomic mass is 15.3. The molecule has 0 radical (unpaired) electrons. The van der Waals surface area contributed by atoms with Crippen molar-refractivity contribution in [3.05, 3.63) is 24.7 Å². The SMILES string of the molecule is CC(C)(C#N)N1CCN(c2nccn3nccc23)CC1. The molecule has 0 aromatic carbocycles. The molecule has 0 aliphatic carbocycles. The Morgan fingerprint density at radius 2 is 1.95 bits per heavy atom. The average Bonchev–Trinajstić information content (AvgIpc) is 2.95. The van der Waals surface area contributed by atoms with Crippen LogP contribution in [0.15, 0.2) is 24.7 Å². The lowest BCUT2D eigenvalue weighted by Gasteiger charge is -2.40. The van der Waals surface area contributed by atoms with Gasteiger partial charge >= 0.3 is 0 Å². The van der Waals surface area contributed by atoms with Gasteiger partial charge in [-0.05, 0) is 19.9 Å². The second-order valence-corrected chi connectivity index (χ2v) is 5.56. The van der Waals surface area contributed by atoms with Gasteiger partial charge in [0, 0.05) is 38.6 Å². The number of nitriles is 1. The summed E-state index contributed by atoms with van der Waals surface area (Å²) in [6.45, 7) is 7.44. The second kappa shape index (κ2) is 4.76. The number of nitrogens with zero attached hydrogens (tertiary/aromatic N) is 6. The predicted molar refractivity (Wildman–Crippen MR) is 76.5 cm³/mol. The number of rotatable bonds is 2. The van der Waals surface area contributed by atoms with Gasteiger partial charge in [0.1, 0.15) is 11.1 Å². The third-order valence-corrected chi connectivity index (χ3v) is 3.95. The van der Waals surface area contributed by atoms with Gasteiger partial charge < -0.3 is 4.90 Å². The Morgan fingerprint density at radius 3 is 2.65 bits per heavy atom. The van der Waals surface area contributed by atoms with Crippen molar-refractivity contribution in [2.24, 2.45) is 0 Å². The normalized spacial score (nSPS) is 17.4. The smallest absolute Gasteiger partial charge is 0.154 e. The molecule has 1 saturated heterocycles. The number of piperazine rings is 1. The van der Waals surface area contributed by atoms with Crippen molar-refractivity contribution in [1.82, 2.24) is 19.5 Å². The van der Waals surface area contributed by atoms with Crippen LogP contribution in [-0.2, 0) is 0 Å². The van der Waals surface area contributed by atoms with Gasteiger partial charge in [-0.2, -0.15) is 10.4 Å². The van der Waals surface area contributed by atoms with E-state index in [9.17, 15) is 5.26 Å². The van der Waals surface area contributed by atoms with E-state index in [2.05, 4.69) is 26.0 Å². The van der Waals surface area contributed by atoms with Gasteiger partial charge in [-0.3, -0.25) is 4.90 Å². The fourth-order valence-electron chi connectivity index (χ4n) is 2.63. The molecule has 1 aliphatic rings. The Labute approximate surface area is 118 Å². The Balaban J connectivity index is 1.79. The number of hydrogen-bond acceptors (Lipinski definition) is 5. The molecular weight excluding hydrogens is 252 g/mol. The second-order valence-electron chi connectivity index (χ2n) is 5.56. The monoisotopic (exact) mass is 270 g/mol. The summed E-state index contributed by atoms with van der Waals surface area (Å²) in [6, 6.07) is 4.35. The van der Waals surface area contributed by atoms with Gasteiger partial charge in [-0.1, -0.05) is 0 Å². The molecule has 1 fully saturated rings. The molecule has 6 nitrogen and oxygen atoms in total. The molecule has 0 amide bonds. The highest BCUT2D eigenvalue weighted by Gasteiger charge is 2.30. The summed E-state index contributed by atoms with van der Waals surface area (Å²) in [5, 5.41) is 13.5. The number of fused-ring (bicyclic) bond motifs is 1. The van der Waals surface area contributed by atoms with Crippen molar-refractivity contribution in [3.8, 4) is 6.07 Å². The van der Waals surface area contributed by atoms with Crippen LogP contribution in [0.4, 0.5) is 5.82 Å². The summed E-state index contributed by atoms with van der Waals surface area (Å²) in [4.78, 5) is 8.98. The maximum absolute atomic E-state index is 9.21. The van der Waals surface area contributed by atoms with Gasteiger partial charge in [-0.25, -0.2) is 9.50 Å². The molecule has 0 bridgehead atoms. The summed E-state index contributed by atoms with van der Waals surface area (Å²) >= 11 is 0. The first-order chi connectivity index (χ1) is 9.62. The summed E-state index contributed by atoms with van der Waals surface area (Å²) < 4.78 is 1.84. The minimum absolute atomic E-state index is 0.401. The van der Waals surface area contributed by atoms with Crippen LogP contribution in [0.2, 0.25) is 0 Å². The van der Waals surface area contributed by atoms with Crippen LogP contribution in [0.3, 0.4) is 0 Å². The van der Waals surface area contributed by atoms with E-state index in [1.54, 1.807) is 12.4 Å². The molecule has 0 spiro atoms. The van der Waals surface area contributed by atoms with Crippen LogP contribution in [0.5, 0.6) is 0 Å². The Morgan fingerprint density at radius 1 is 1.20 bits per heavy atom. The van der Waals surface area contributed by atoms with E-state index in [0.29, 0.717) is 0 Å². The highest BCUT2D eigenvalue weighted by molar-refractivity contribution is 5.68. The molecule has 6 heteroatoms. The predicted octanol–water partition coefficient (Wildman–Crippen LogP) is 1.15. The van der Waals surface area contributed by atoms with Crippen LogP contribution in [0.25, 0.3) is 5.52 Å². The zero-order valence-corrected chi connectivity index (χ0v) is 11.8. The highest BCUT2D eigenvalue weighted by Crippen LogP contribution is 2.22. The lowest BCUT2D eigenvalue weighted by molar-refractivity contribution is 0.158. The molecule has 0 unspecified atom stereocenters. The van der Waals surface area contributed by atoms with Crippen molar-refractivity contribution < 1.29 is 0 Å². The zero-order valence-electron chi connectivity index (χ0n) is 11.8. The number of aromatic nitrogens is 3. The summed E-state index contributed by atoms with van der Waals surface area (Å²) in [5.41, 5.74) is 0.628. The zero-order chi connectivity index (χ0) is 14.2. The van der Waals surface area contributed by atoms with Crippen molar-refractivity contribution >= 4 is 11.3 Å². The molecule has 0 atom stereocenters. The van der Waals surface area contributed by atoms with Crippen molar-refractivity contribution in [2.45, 2.75) is 19.4 Å². The third kappa shape index (κ3) is 2.10. The summed E-state index contributed by atoms with van der Waals surface area (Å²) in [7, 11) is 0. The molecule has 20 heavy (non-hydrogen) atoms. The minimum Gasteiger partial charge on any atom is -0.352 e. The first kappa shape index (κ1) is 12.9. The third-order valence-electron chi connectivity index (χ3n) is 3.95. The maximum Gasteiger partial charge on any atom is 0.154 e. The lowest BCUT2D eigenvalue weighted by Crippen LogP contribution is -2.54. The molecule has 2 aromatic rings. The average molecular weight is 270 g/mol. The lowest BCUT2D eigenvalue weighted by atomic mass is 10.0. The van der Waals surface area contributed by atoms with E-state index in [4.69, 9.17) is 0 Å². The van der Waals surface area contributed by atoms with Crippen molar-refractivity contribution in [3.63, 3.8) is 0 Å². The van der Waals surface area contributed by atoms with E-state index in [1.807, 2.05) is 30.6 Å². The molecule has 2 aromatic heterocycles. The van der Waals surface area contributed by atoms with E-state index in [-0.39, 0.29) is 0 Å². The standard InChI is InChI=1S/C14H18N6/c1-14(2,11-15)19-9-7-18(8-10-19)13-12-3-4-17-20(12)6-5-16-13/h3-6H,7-10H2,1-2H3. The molecule has 0 saturated carbocycles.